The molecule has 3 aromatic rings. The van der Waals surface area contributed by atoms with Gasteiger partial charge < -0.3 is 9.15 Å². The normalized spacial score (nSPS) is 11.0. The first-order chi connectivity index (χ1) is 11.5. The van der Waals surface area contributed by atoms with Crippen LogP contribution in [-0.2, 0) is 13.0 Å². The fourth-order valence-corrected chi connectivity index (χ4v) is 2.87. The number of rotatable bonds is 4. The maximum Gasteiger partial charge on any atom is 0.336 e. The highest BCUT2D eigenvalue weighted by Gasteiger charge is 2.12. The van der Waals surface area contributed by atoms with Gasteiger partial charge in [-0.05, 0) is 43.2 Å². The van der Waals surface area contributed by atoms with Crippen LogP contribution in [0.2, 0.25) is 5.02 Å². The van der Waals surface area contributed by atoms with Crippen LogP contribution in [0.3, 0.4) is 0 Å². The van der Waals surface area contributed by atoms with E-state index in [0.29, 0.717) is 21.9 Å². The van der Waals surface area contributed by atoms with E-state index in [9.17, 15) is 9.18 Å². The number of halogens is 2. The quantitative estimate of drug-likeness (QED) is 0.621. The molecule has 0 radical (unpaired) electrons. The average Bonchev–Trinajstić information content (AvgIpc) is 2.55. The Hall–Kier alpha value is -2.33. The summed E-state index contributed by atoms with van der Waals surface area (Å²) < 4.78 is 24.2. The Kier molecular flexibility index (Phi) is 4.58. The molecule has 1 aromatic heterocycles. The molecule has 0 amide bonds. The molecule has 24 heavy (non-hydrogen) atoms. The van der Waals surface area contributed by atoms with Crippen LogP contribution in [0, 0.1) is 12.7 Å². The van der Waals surface area contributed by atoms with E-state index in [-0.39, 0.29) is 18.0 Å². The Morgan fingerprint density at radius 1 is 1.17 bits per heavy atom. The Labute approximate surface area is 143 Å². The summed E-state index contributed by atoms with van der Waals surface area (Å²) in [6.07, 6.45) is 0.743. The van der Waals surface area contributed by atoms with Gasteiger partial charge in [-0.1, -0.05) is 24.6 Å². The first-order valence-corrected chi connectivity index (χ1v) is 8.00. The van der Waals surface area contributed by atoms with Crippen molar-refractivity contribution in [1.82, 2.24) is 0 Å². The number of hydrogen-bond donors (Lipinski definition) is 0. The molecule has 5 heteroatoms. The third-order valence-corrected chi connectivity index (χ3v) is 4.33. The molecule has 0 bridgehead atoms. The molecule has 0 aliphatic carbocycles. The molecule has 0 atom stereocenters. The van der Waals surface area contributed by atoms with Crippen LogP contribution in [0.4, 0.5) is 4.39 Å². The minimum absolute atomic E-state index is 0.198. The Morgan fingerprint density at radius 3 is 2.67 bits per heavy atom. The summed E-state index contributed by atoms with van der Waals surface area (Å²) in [6.45, 7) is 4.03. The molecular weight excluding hydrogens is 331 g/mol. The van der Waals surface area contributed by atoms with Crippen molar-refractivity contribution in [2.75, 3.05) is 0 Å². The van der Waals surface area contributed by atoms with E-state index in [4.69, 9.17) is 20.8 Å². The molecule has 0 aliphatic rings. The number of aryl methyl sites for hydroxylation is 2. The van der Waals surface area contributed by atoms with Crippen molar-refractivity contribution in [3.05, 3.63) is 74.3 Å². The zero-order valence-electron chi connectivity index (χ0n) is 13.4. The second kappa shape index (κ2) is 6.65. The van der Waals surface area contributed by atoms with Crippen molar-refractivity contribution >= 4 is 22.6 Å². The van der Waals surface area contributed by atoms with Crippen LogP contribution in [0.5, 0.6) is 5.75 Å². The first-order valence-electron chi connectivity index (χ1n) is 7.62. The Balaban J connectivity index is 1.95. The van der Waals surface area contributed by atoms with Gasteiger partial charge in [-0.25, -0.2) is 9.18 Å². The summed E-state index contributed by atoms with van der Waals surface area (Å²) in [6, 6.07) is 9.41. The van der Waals surface area contributed by atoms with Gasteiger partial charge in [0.15, 0.2) is 0 Å². The summed E-state index contributed by atoms with van der Waals surface area (Å²) >= 11 is 6.01. The first kappa shape index (κ1) is 16.5. The molecule has 1 heterocycles. The van der Waals surface area contributed by atoms with Crippen LogP contribution in [0.15, 0.2) is 45.6 Å². The predicted octanol–water partition coefficient (Wildman–Crippen LogP) is 5.04. The fourth-order valence-electron chi connectivity index (χ4n) is 2.65. The van der Waals surface area contributed by atoms with Crippen molar-refractivity contribution in [1.29, 1.82) is 0 Å². The van der Waals surface area contributed by atoms with Crippen molar-refractivity contribution in [3.8, 4) is 5.75 Å². The standard InChI is InChI=1S/C19H16ClFO3/c1-3-12-8-18(22)24-19-11(2)17(7-6-15(12)19)23-10-13-4-5-14(21)9-16(13)20/h4-9H,3,10H2,1-2H3. The minimum atomic E-state index is -0.389. The van der Waals surface area contributed by atoms with Crippen LogP contribution in [-0.4, -0.2) is 0 Å². The van der Waals surface area contributed by atoms with Gasteiger partial charge in [0.05, 0.1) is 5.02 Å². The lowest BCUT2D eigenvalue weighted by Gasteiger charge is -2.12. The molecule has 0 fully saturated rings. The van der Waals surface area contributed by atoms with Crippen LogP contribution in [0.1, 0.15) is 23.6 Å². The van der Waals surface area contributed by atoms with Gasteiger partial charge in [0.1, 0.15) is 23.8 Å². The highest BCUT2D eigenvalue weighted by Crippen LogP contribution is 2.29. The Morgan fingerprint density at radius 2 is 1.96 bits per heavy atom. The largest absolute Gasteiger partial charge is 0.488 e. The van der Waals surface area contributed by atoms with Gasteiger partial charge in [0, 0.05) is 22.6 Å². The van der Waals surface area contributed by atoms with Crippen molar-refractivity contribution < 1.29 is 13.5 Å². The molecule has 2 aromatic carbocycles. The summed E-state index contributed by atoms with van der Waals surface area (Å²) in [7, 11) is 0. The maximum absolute atomic E-state index is 13.1. The van der Waals surface area contributed by atoms with E-state index in [2.05, 4.69) is 0 Å². The highest BCUT2D eigenvalue weighted by molar-refractivity contribution is 6.31. The second-order valence-corrected chi connectivity index (χ2v) is 5.94. The third-order valence-electron chi connectivity index (χ3n) is 3.98. The van der Waals surface area contributed by atoms with Crippen LogP contribution >= 0.6 is 11.6 Å². The number of benzene rings is 2. The minimum Gasteiger partial charge on any atom is -0.488 e. The molecule has 0 saturated heterocycles. The van der Waals surface area contributed by atoms with E-state index in [1.54, 1.807) is 6.07 Å². The molecule has 124 valence electrons. The summed E-state index contributed by atoms with van der Waals surface area (Å²) in [5, 5.41) is 1.22. The lowest BCUT2D eigenvalue weighted by atomic mass is 10.0. The third kappa shape index (κ3) is 3.15. The monoisotopic (exact) mass is 346 g/mol. The number of ether oxygens (including phenoxy) is 1. The molecule has 0 spiro atoms. The van der Waals surface area contributed by atoms with Crippen LogP contribution in [0.25, 0.3) is 11.0 Å². The molecule has 0 saturated carbocycles. The smallest absolute Gasteiger partial charge is 0.336 e. The SMILES string of the molecule is CCc1cc(=O)oc2c(C)c(OCc3ccc(F)cc3Cl)ccc12. The van der Waals surface area contributed by atoms with Gasteiger partial charge in [0.2, 0.25) is 0 Å². The van der Waals surface area contributed by atoms with E-state index >= 15 is 0 Å². The van der Waals surface area contributed by atoms with Crippen LogP contribution < -0.4 is 10.4 Å². The summed E-state index contributed by atoms with van der Waals surface area (Å²) in [4.78, 5) is 11.7. The van der Waals surface area contributed by atoms with Gasteiger partial charge in [-0.15, -0.1) is 0 Å². The molecule has 0 N–H and O–H groups in total. The lowest BCUT2D eigenvalue weighted by Crippen LogP contribution is -2.03. The zero-order valence-corrected chi connectivity index (χ0v) is 14.1. The van der Waals surface area contributed by atoms with Crippen molar-refractivity contribution in [2.45, 2.75) is 26.9 Å². The lowest BCUT2D eigenvalue weighted by molar-refractivity contribution is 0.304. The number of fused-ring (bicyclic) bond motifs is 1. The van der Waals surface area contributed by atoms with E-state index in [1.807, 2.05) is 26.0 Å². The van der Waals surface area contributed by atoms with Crippen molar-refractivity contribution in [3.63, 3.8) is 0 Å². The molecule has 3 nitrogen and oxygen atoms in total. The molecule has 0 unspecified atom stereocenters. The van der Waals surface area contributed by atoms with E-state index < -0.39 is 0 Å². The summed E-state index contributed by atoms with van der Waals surface area (Å²) in [5.41, 5.74) is 2.53. The molecular formula is C19H16ClFO3. The highest BCUT2D eigenvalue weighted by atomic mass is 35.5. The summed E-state index contributed by atoms with van der Waals surface area (Å²) in [5.74, 6) is 0.207. The Bertz CT molecular complexity index is 963. The predicted molar refractivity (Wildman–Crippen MR) is 92.3 cm³/mol. The van der Waals surface area contributed by atoms with Gasteiger partial charge in [0.25, 0.3) is 0 Å². The van der Waals surface area contributed by atoms with E-state index in [1.165, 1.54) is 18.2 Å². The number of hydrogen-bond acceptors (Lipinski definition) is 3. The van der Waals surface area contributed by atoms with Gasteiger partial charge in [-0.3, -0.25) is 0 Å². The van der Waals surface area contributed by atoms with Gasteiger partial charge >= 0.3 is 5.63 Å². The molecule has 0 aliphatic heterocycles. The second-order valence-electron chi connectivity index (χ2n) is 5.53. The topological polar surface area (TPSA) is 39.4 Å². The van der Waals surface area contributed by atoms with E-state index in [0.717, 1.165) is 22.9 Å². The maximum atomic E-state index is 13.1. The molecule has 3 rings (SSSR count). The van der Waals surface area contributed by atoms with Gasteiger partial charge in [-0.2, -0.15) is 0 Å². The fraction of sp³-hybridized carbons (Fsp3) is 0.211. The zero-order chi connectivity index (χ0) is 17.3. The van der Waals surface area contributed by atoms with Crippen molar-refractivity contribution in [2.24, 2.45) is 0 Å². The average molecular weight is 347 g/mol.